The van der Waals surface area contributed by atoms with Crippen LogP contribution in [-0.4, -0.2) is 62.4 Å². The number of nitrogens with two attached hydrogens (primary N) is 2. The normalized spacial score (nSPS) is 20.5. The Labute approximate surface area is 261 Å². The van der Waals surface area contributed by atoms with E-state index >= 15 is 0 Å². The first-order chi connectivity index (χ1) is 22.3. The van der Waals surface area contributed by atoms with Crippen molar-refractivity contribution in [2.45, 2.75) is 23.9 Å². The van der Waals surface area contributed by atoms with E-state index in [4.69, 9.17) is 30.4 Å². The lowest BCUT2D eigenvalue weighted by Crippen LogP contribution is -2.46. The van der Waals surface area contributed by atoms with E-state index in [1.807, 2.05) is 0 Å². The zero-order valence-electron chi connectivity index (χ0n) is 23.9. The summed E-state index contributed by atoms with van der Waals surface area (Å²) in [5, 5.41) is 15.0. The number of imidazole rings is 1. The quantitative estimate of drug-likeness (QED) is 0.189. The Bertz CT molecular complexity index is 1950. The highest BCUT2D eigenvalue weighted by Crippen LogP contribution is 2.44. The number of ether oxygens (including phenoxy) is 4. The van der Waals surface area contributed by atoms with E-state index < -0.39 is 48.4 Å². The molecule has 4 N–H and O–H groups in total. The lowest BCUT2D eigenvalue weighted by atomic mass is 9.92. The molecule has 14 heteroatoms. The zero-order valence-corrected chi connectivity index (χ0v) is 23.9. The Morgan fingerprint density at radius 1 is 0.848 bits per heavy atom. The van der Waals surface area contributed by atoms with Crippen molar-refractivity contribution in [2.24, 2.45) is 0 Å². The first-order valence-electron chi connectivity index (χ1n) is 13.9. The number of aromatic nitrogens is 4. The number of fused-ring (bicyclic) bond motifs is 1. The topological polar surface area (TPSA) is 207 Å². The average molecular weight is 620 g/mol. The molecular formula is C32H25N7O7. The fourth-order valence-electron chi connectivity index (χ4n) is 5.08. The number of rotatable bonds is 8. The van der Waals surface area contributed by atoms with E-state index in [9.17, 15) is 19.6 Å². The number of nitrogens with zero attached hydrogens (tertiary/aromatic N) is 5. The summed E-state index contributed by atoms with van der Waals surface area (Å²) in [4.78, 5) is 48.0. The van der Waals surface area contributed by atoms with Crippen molar-refractivity contribution in [3.05, 3.63) is 120 Å². The first kappa shape index (κ1) is 29.7. The van der Waals surface area contributed by atoms with Gasteiger partial charge in [-0.25, -0.2) is 23.9 Å². The van der Waals surface area contributed by atoms with Crippen LogP contribution in [0.1, 0.15) is 36.8 Å². The maximum atomic E-state index is 13.5. The molecule has 6 rings (SSSR count). The number of hydrogen-bond donors (Lipinski definition) is 2. The van der Waals surface area contributed by atoms with E-state index in [1.165, 1.54) is 30.5 Å². The van der Waals surface area contributed by atoms with Crippen LogP contribution in [-0.2, 0) is 24.5 Å². The molecule has 0 spiro atoms. The minimum absolute atomic E-state index is 0.0346. The van der Waals surface area contributed by atoms with Gasteiger partial charge in [0.05, 0.1) is 22.9 Å². The number of benzene rings is 3. The Morgan fingerprint density at radius 2 is 1.39 bits per heavy atom. The molecule has 0 radical (unpaired) electrons. The van der Waals surface area contributed by atoms with E-state index in [0.29, 0.717) is 0 Å². The van der Waals surface area contributed by atoms with Crippen LogP contribution < -0.4 is 11.5 Å². The molecule has 3 aromatic carbocycles. The van der Waals surface area contributed by atoms with Gasteiger partial charge < -0.3 is 30.4 Å². The van der Waals surface area contributed by atoms with Crippen LogP contribution >= 0.6 is 0 Å². The Kier molecular flexibility index (Phi) is 7.98. The molecule has 2 aromatic heterocycles. The maximum absolute atomic E-state index is 13.5. The summed E-state index contributed by atoms with van der Waals surface area (Å²) in [7, 11) is 0. The molecule has 3 unspecified atom stereocenters. The molecule has 4 atom stereocenters. The summed E-state index contributed by atoms with van der Waals surface area (Å²) in [6.07, 6.45) is -3.21. The van der Waals surface area contributed by atoms with E-state index in [-0.39, 0.29) is 39.8 Å². The fourth-order valence-corrected chi connectivity index (χ4v) is 5.08. The summed E-state index contributed by atoms with van der Waals surface area (Å²) in [5.41, 5.74) is 10.2. The minimum Gasteiger partial charge on any atom is -0.459 e. The summed E-state index contributed by atoms with van der Waals surface area (Å²) < 4.78 is 24.9. The predicted octanol–water partition coefficient (Wildman–Crippen LogP) is 2.71. The standard InChI is InChI=1S/C32H25N7O7/c33-18-32(23-16-36-27-26(34)37-31(35)38-39(23)27)25(45-30(42)21-14-8-3-9-15-21)24(44-29(41)20-12-6-2-7-13-20)22(46-32)17-43-28(40)19-10-4-1-5-11-19/h1-16,22,24-25H,17H2,(H4,34,35,37,38)/t22-,24?,25?,32?/m1/s1. The van der Waals surface area contributed by atoms with Crippen LogP contribution in [0.25, 0.3) is 5.65 Å². The molecule has 0 saturated carbocycles. The van der Waals surface area contributed by atoms with Crippen LogP contribution in [0.3, 0.4) is 0 Å². The van der Waals surface area contributed by atoms with Crippen molar-refractivity contribution < 1.29 is 33.3 Å². The van der Waals surface area contributed by atoms with Gasteiger partial charge in [-0.1, -0.05) is 54.6 Å². The Hall–Kier alpha value is -6.33. The average Bonchev–Trinajstić information content (AvgIpc) is 3.64. The van der Waals surface area contributed by atoms with Gasteiger partial charge in [-0.15, -0.1) is 5.10 Å². The summed E-state index contributed by atoms with van der Waals surface area (Å²) in [5.74, 6) is -2.69. The molecule has 0 bridgehead atoms. The van der Waals surface area contributed by atoms with Gasteiger partial charge in [0.25, 0.3) is 0 Å². The van der Waals surface area contributed by atoms with Gasteiger partial charge >= 0.3 is 17.9 Å². The van der Waals surface area contributed by atoms with Gasteiger partial charge in [0.15, 0.2) is 23.7 Å². The molecule has 0 aliphatic carbocycles. The van der Waals surface area contributed by atoms with Crippen molar-refractivity contribution in [2.75, 3.05) is 18.1 Å². The lowest BCUT2D eigenvalue weighted by Gasteiger charge is -2.28. The molecule has 1 fully saturated rings. The van der Waals surface area contributed by atoms with Gasteiger partial charge in [-0.3, -0.25) is 0 Å². The van der Waals surface area contributed by atoms with Crippen molar-refractivity contribution in [1.29, 1.82) is 5.26 Å². The van der Waals surface area contributed by atoms with Crippen molar-refractivity contribution >= 4 is 35.3 Å². The van der Waals surface area contributed by atoms with E-state index in [1.54, 1.807) is 66.7 Å². The molecule has 230 valence electrons. The summed E-state index contributed by atoms with van der Waals surface area (Å²) >= 11 is 0. The lowest BCUT2D eigenvalue weighted by molar-refractivity contribution is -0.0725. The number of anilines is 2. The molecule has 1 aliphatic rings. The van der Waals surface area contributed by atoms with Crippen LogP contribution in [0, 0.1) is 11.3 Å². The number of hydrogen-bond acceptors (Lipinski definition) is 13. The molecule has 46 heavy (non-hydrogen) atoms. The predicted molar refractivity (Wildman–Crippen MR) is 160 cm³/mol. The van der Waals surface area contributed by atoms with E-state index in [2.05, 4.69) is 21.1 Å². The Morgan fingerprint density at radius 3 is 1.96 bits per heavy atom. The molecule has 1 saturated heterocycles. The van der Waals surface area contributed by atoms with Crippen molar-refractivity contribution in [3.8, 4) is 6.07 Å². The van der Waals surface area contributed by atoms with E-state index in [0.717, 1.165) is 4.52 Å². The van der Waals surface area contributed by atoms with Crippen molar-refractivity contribution in [3.63, 3.8) is 0 Å². The smallest absolute Gasteiger partial charge is 0.338 e. The van der Waals surface area contributed by atoms with Crippen molar-refractivity contribution in [1.82, 2.24) is 19.6 Å². The van der Waals surface area contributed by atoms with Crippen LogP contribution in [0.4, 0.5) is 11.8 Å². The highest BCUT2D eigenvalue weighted by Gasteiger charge is 2.63. The third-order valence-corrected chi connectivity index (χ3v) is 7.24. The molecule has 1 aliphatic heterocycles. The molecule has 0 amide bonds. The number of carbonyl (C=O) groups excluding carboxylic acids is 3. The number of esters is 3. The molecule has 5 aromatic rings. The van der Waals surface area contributed by atoms with Gasteiger partial charge in [-0.05, 0) is 36.4 Å². The summed E-state index contributed by atoms with van der Waals surface area (Å²) in [6, 6.07) is 26.3. The number of carbonyl (C=O) groups is 3. The van der Waals surface area contributed by atoms with Gasteiger partial charge in [0, 0.05) is 0 Å². The largest absolute Gasteiger partial charge is 0.459 e. The highest BCUT2D eigenvalue weighted by atomic mass is 16.7. The highest BCUT2D eigenvalue weighted by molar-refractivity contribution is 5.91. The fraction of sp³-hybridized carbons (Fsp3) is 0.156. The molecule has 14 nitrogen and oxygen atoms in total. The van der Waals surface area contributed by atoms with Gasteiger partial charge in [0.2, 0.25) is 11.5 Å². The minimum atomic E-state index is -2.23. The third-order valence-electron chi connectivity index (χ3n) is 7.24. The van der Waals surface area contributed by atoms with Gasteiger partial charge in [0.1, 0.15) is 24.5 Å². The number of nitriles is 1. The third kappa shape index (κ3) is 5.53. The maximum Gasteiger partial charge on any atom is 0.338 e. The second-order valence-corrected chi connectivity index (χ2v) is 10.1. The SMILES string of the molecule is N#CC1(c2cnc3c(N)nc(N)nn23)O[C@H](COC(=O)c2ccccc2)C(OC(=O)c2ccccc2)C1OC(=O)c1ccccc1. The zero-order chi connectivity index (χ0) is 32.3. The van der Waals surface area contributed by atoms with Gasteiger partial charge in [-0.2, -0.15) is 10.2 Å². The monoisotopic (exact) mass is 619 g/mol. The van der Waals surface area contributed by atoms with Crippen LogP contribution in [0.15, 0.2) is 97.2 Å². The molecular weight excluding hydrogens is 594 g/mol. The summed E-state index contributed by atoms with van der Waals surface area (Å²) in [6.45, 7) is -0.501. The first-order valence-corrected chi connectivity index (χ1v) is 13.9. The molecule has 3 heterocycles. The number of nitrogen functional groups attached to an aromatic ring is 2. The Balaban J connectivity index is 1.46. The van der Waals surface area contributed by atoms with Crippen LogP contribution in [0.5, 0.6) is 0 Å². The van der Waals surface area contributed by atoms with Crippen LogP contribution in [0.2, 0.25) is 0 Å². The second-order valence-electron chi connectivity index (χ2n) is 10.1. The second kappa shape index (κ2) is 12.3.